The van der Waals surface area contributed by atoms with Gasteiger partial charge in [0.15, 0.2) is 0 Å². The number of rotatable bonds is 3. The Morgan fingerprint density at radius 3 is 2.73 bits per heavy atom. The van der Waals surface area contributed by atoms with Gasteiger partial charge in [-0.25, -0.2) is 0 Å². The predicted octanol–water partition coefficient (Wildman–Crippen LogP) is 4.03. The van der Waals surface area contributed by atoms with Crippen LogP contribution >= 0.6 is 0 Å². The van der Waals surface area contributed by atoms with Crippen molar-refractivity contribution in [2.75, 3.05) is 6.54 Å². The van der Waals surface area contributed by atoms with Gasteiger partial charge in [0.1, 0.15) is 0 Å². The second-order valence-electron chi connectivity index (χ2n) is 5.06. The summed E-state index contributed by atoms with van der Waals surface area (Å²) in [7, 11) is 0. The fourth-order valence-electron chi connectivity index (χ4n) is 2.37. The van der Waals surface area contributed by atoms with E-state index < -0.39 is 0 Å². The molecule has 0 atom stereocenters. The van der Waals surface area contributed by atoms with Gasteiger partial charge in [-0.3, -0.25) is 0 Å². The van der Waals surface area contributed by atoms with E-state index in [9.17, 15) is 0 Å². The highest BCUT2D eigenvalue weighted by atomic mass is 14.9. The third-order valence-electron chi connectivity index (χ3n) is 3.20. The van der Waals surface area contributed by atoms with E-state index in [4.69, 9.17) is 0 Å². The summed E-state index contributed by atoms with van der Waals surface area (Å²) < 4.78 is 0. The average molecular weight is 207 g/mol. The molecule has 1 heterocycles. The van der Waals surface area contributed by atoms with Crippen LogP contribution < -0.4 is 5.32 Å². The Kier molecular flexibility index (Phi) is 4.44. The van der Waals surface area contributed by atoms with E-state index in [-0.39, 0.29) is 0 Å². The van der Waals surface area contributed by atoms with E-state index in [0.29, 0.717) is 5.41 Å². The van der Waals surface area contributed by atoms with E-state index in [1.807, 2.05) is 0 Å². The third kappa shape index (κ3) is 3.12. The van der Waals surface area contributed by atoms with E-state index in [1.54, 1.807) is 0 Å². The highest BCUT2D eigenvalue weighted by molar-refractivity contribution is 5.31. The third-order valence-corrected chi connectivity index (χ3v) is 3.20. The molecule has 1 aliphatic rings. The molecule has 1 N–H and O–H groups in total. The molecule has 0 aliphatic carbocycles. The molecular formula is C14H25N. The van der Waals surface area contributed by atoms with Gasteiger partial charge in [-0.05, 0) is 37.2 Å². The predicted molar refractivity (Wildman–Crippen MR) is 67.8 cm³/mol. The van der Waals surface area contributed by atoms with Gasteiger partial charge in [-0.15, -0.1) is 0 Å². The molecule has 0 saturated carbocycles. The first-order valence-corrected chi connectivity index (χ1v) is 6.22. The van der Waals surface area contributed by atoms with E-state index in [0.717, 1.165) is 6.54 Å². The molecule has 0 bridgehead atoms. The first kappa shape index (κ1) is 12.4. The minimum absolute atomic E-state index is 0.334. The molecule has 1 rings (SSSR count). The van der Waals surface area contributed by atoms with Gasteiger partial charge in [0.05, 0.1) is 0 Å². The number of nitrogens with one attached hydrogen (secondary N) is 1. The van der Waals surface area contributed by atoms with Crippen molar-refractivity contribution in [2.24, 2.45) is 5.41 Å². The van der Waals surface area contributed by atoms with Crippen LogP contribution in [0.2, 0.25) is 0 Å². The van der Waals surface area contributed by atoms with Crippen molar-refractivity contribution in [3.05, 3.63) is 23.4 Å². The van der Waals surface area contributed by atoms with Gasteiger partial charge < -0.3 is 5.32 Å². The van der Waals surface area contributed by atoms with Crippen LogP contribution in [0.25, 0.3) is 0 Å². The van der Waals surface area contributed by atoms with Crippen LogP contribution in [0.3, 0.4) is 0 Å². The number of hydrogen-bond donors (Lipinski definition) is 1. The lowest BCUT2D eigenvalue weighted by Gasteiger charge is -2.26. The first-order valence-electron chi connectivity index (χ1n) is 6.22. The van der Waals surface area contributed by atoms with Gasteiger partial charge in [0, 0.05) is 12.2 Å². The van der Waals surface area contributed by atoms with Crippen molar-refractivity contribution in [3.63, 3.8) is 0 Å². The summed E-state index contributed by atoms with van der Waals surface area (Å²) in [5.41, 5.74) is 3.32. The maximum Gasteiger partial charge on any atom is 0.0144 e. The van der Waals surface area contributed by atoms with Crippen LogP contribution in [0.1, 0.15) is 53.4 Å². The smallest absolute Gasteiger partial charge is 0.0144 e. The standard InChI is InChI=1S/C14H25N/c1-5-8-12-13(9-6-2)15-11-7-10-14(12,3)4/h5,8,15H,6-7,9-11H2,1-4H3/b8-5-. The van der Waals surface area contributed by atoms with Crippen LogP contribution in [0.4, 0.5) is 0 Å². The Labute approximate surface area is 94.6 Å². The molecule has 0 aromatic rings. The molecule has 0 saturated heterocycles. The lowest BCUT2D eigenvalue weighted by Crippen LogP contribution is -2.17. The fourth-order valence-corrected chi connectivity index (χ4v) is 2.37. The van der Waals surface area contributed by atoms with Gasteiger partial charge >= 0.3 is 0 Å². The molecule has 0 aromatic carbocycles. The molecular weight excluding hydrogens is 182 g/mol. The zero-order chi connectivity index (χ0) is 11.3. The lowest BCUT2D eigenvalue weighted by atomic mass is 9.79. The van der Waals surface area contributed by atoms with Gasteiger partial charge in [0.25, 0.3) is 0 Å². The molecule has 1 nitrogen and oxygen atoms in total. The van der Waals surface area contributed by atoms with Crippen LogP contribution in [0, 0.1) is 5.41 Å². The Hall–Kier alpha value is -0.720. The monoisotopic (exact) mass is 207 g/mol. The summed E-state index contributed by atoms with van der Waals surface area (Å²) in [5.74, 6) is 0. The van der Waals surface area contributed by atoms with Crippen molar-refractivity contribution in [1.29, 1.82) is 0 Å². The summed E-state index contributed by atoms with van der Waals surface area (Å²) in [6.07, 6.45) is 9.43. The van der Waals surface area contributed by atoms with Crippen molar-refractivity contribution in [3.8, 4) is 0 Å². The maximum atomic E-state index is 3.60. The van der Waals surface area contributed by atoms with E-state index in [1.165, 1.54) is 37.0 Å². The summed E-state index contributed by atoms with van der Waals surface area (Å²) in [6.45, 7) is 10.2. The Morgan fingerprint density at radius 1 is 1.40 bits per heavy atom. The topological polar surface area (TPSA) is 12.0 Å². The summed E-state index contributed by atoms with van der Waals surface area (Å²) >= 11 is 0. The van der Waals surface area contributed by atoms with Gasteiger partial charge in [0.2, 0.25) is 0 Å². The molecule has 0 aromatic heterocycles. The van der Waals surface area contributed by atoms with Crippen LogP contribution in [0.15, 0.2) is 23.4 Å². The molecule has 1 heteroatoms. The molecule has 0 amide bonds. The lowest BCUT2D eigenvalue weighted by molar-refractivity contribution is 0.412. The largest absolute Gasteiger partial charge is 0.388 e. The fraction of sp³-hybridized carbons (Fsp3) is 0.714. The second-order valence-corrected chi connectivity index (χ2v) is 5.06. The van der Waals surface area contributed by atoms with E-state index in [2.05, 4.69) is 45.2 Å². The molecule has 0 radical (unpaired) electrons. The van der Waals surface area contributed by atoms with Gasteiger partial charge in [-0.1, -0.05) is 39.3 Å². The van der Waals surface area contributed by atoms with Crippen LogP contribution in [0.5, 0.6) is 0 Å². The van der Waals surface area contributed by atoms with Crippen LogP contribution in [-0.2, 0) is 0 Å². The molecule has 15 heavy (non-hydrogen) atoms. The van der Waals surface area contributed by atoms with Crippen LogP contribution in [-0.4, -0.2) is 6.54 Å². The number of hydrogen-bond acceptors (Lipinski definition) is 1. The quantitative estimate of drug-likeness (QED) is 0.737. The first-order chi connectivity index (χ1) is 7.11. The minimum atomic E-state index is 0.334. The maximum absolute atomic E-state index is 3.60. The van der Waals surface area contributed by atoms with Crippen molar-refractivity contribution >= 4 is 0 Å². The van der Waals surface area contributed by atoms with E-state index >= 15 is 0 Å². The Balaban J connectivity index is 3.04. The zero-order valence-electron chi connectivity index (χ0n) is 10.7. The second kappa shape index (κ2) is 5.39. The summed E-state index contributed by atoms with van der Waals surface area (Å²) in [5, 5.41) is 3.60. The molecule has 0 fully saturated rings. The molecule has 0 spiro atoms. The molecule has 1 aliphatic heterocycles. The Bertz CT molecular complexity index is 259. The SMILES string of the molecule is C/C=C\C1=C(CCC)NCCCC1(C)C. The molecule has 0 unspecified atom stereocenters. The minimum Gasteiger partial charge on any atom is -0.388 e. The average Bonchev–Trinajstić information content (AvgIpc) is 2.31. The number of allylic oxidation sites excluding steroid dienone is 4. The highest BCUT2D eigenvalue weighted by Gasteiger charge is 2.26. The zero-order valence-corrected chi connectivity index (χ0v) is 10.7. The van der Waals surface area contributed by atoms with Crippen molar-refractivity contribution in [2.45, 2.75) is 53.4 Å². The van der Waals surface area contributed by atoms with Crippen molar-refractivity contribution in [1.82, 2.24) is 5.32 Å². The van der Waals surface area contributed by atoms with Crippen molar-refractivity contribution < 1.29 is 0 Å². The van der Waals surface area contributed by atoms with Gasteiger partial charge in [-0.2, -0.15) is 0 Å². The normalized spacial score (nSPS) is 21.6. The summed E-state index contributed by atoms with van der Waals surface area (Å²) in [4.78, 5) is 0. The highest BCUT2D eigenvalue weighted by Crippen LogP contribution is 2.36. The summed E-state index contributed by atoms with van der Waals surface area (Å²) in [6, 6.07) is 0. The Morgan fingerprint density at radius 2 is 2.13 bits per heavy atom. The molecule has 86 valence electrons.